The Labute approximate surface area is 474 Å². The molecule has 1 aliphatic heterocycles. The quantitative estimate of drug-likeness (QED) is 0.0228. The van der Waals surface area contributed by atoms with E-state index in [2.05, 4.69) is 154 Å². The number of aliphatic carboxylic acids is 1. The summed E-state index contributed by atoms with van der Waals surface area (Å²) in [5.41, 5.74) is 0. The van der Waals surface area contributed by atoms with Gasteiger partial charge < -0.3 is 39.0 Å². The fourth-order valence-corrected chi connectivity index (χ4v) is 7.20. The summed E-state index contributed by atoms with van der Waals surface area (Å²) in [6.45, 7) is 5.47. The van der Waals surface area contributed by atoms with Crippen LogP contribution in [0.4, 0.5) is 0 Å². The maximum Gasteiger partial charge on any atom is 0.335 e. The van der Waals surface area contributed by atoms with Crippen molar-refractivity contribution in [3.05, 3.63) is 182 Å². The summed E-state index contributed by atoms with van der Waals surface area (Å²) in [7, 11) is 0. The predicted molar refractivity (Wildman–Crippen MR) is 321 cm³/mol. The van der Waals surface area contributed by atoms with E-state index >= 15 is 0 Å². The van der Waals surface area contributed by atoms with E-state index in [4.69, 9.17) is 23.7 Å². The third-order valence-corrected chi connectivity index (χ3v) is 11.5. The number of esters is 3. The Balaban J connectivity index is 2.82. The van der Waals surface area contributed by atoms with Gasteiger partial charge in [0.15, 0.2) is 24.6 Å². The van der Waals surface area contributed by atoms with Crippen molar-refractivity contribution in [2.24, 2.45) is 0 Å². The molecule has 0 saturated carbocycles. The normalized spacial score (nSPS) is 19.2. The topological polar surface area (TPSA) is 175 Å². The van der Waals surface area contributed by atoms with Gasteiger partial charge in [0.05, 0.1) is 6.61 Å². The van der Waals surface area contributed by atoms with Crippen molar-refractivity contribution in [3.63, 3.8) is 0 Å². The van der Waals surface area contributed by atoms with Crippen LogP contribution in [0.3, 0.4) is 0 Å². The SMILES string of the molecule is CC/C=C\C/C=C\C/C=C\C/C=C\C/C=C\C/C=C\CCC(=O)OC1C(OCC(COC(=O)CCC/C=C\C/C=C\C/C=C\C/C=C\C/C=C\CC)OC(=O)CC/C=C\C/C=C\C/C=C\C/C=C\CC)OC(C(=O)O)C(O)C1O. The van der Waals surface area contributed by atoms with Crippen LogP contribution in [0.5, 0.6) is 0 Å². The largest absolute Gasteiger partial charge is 0.479 e. The molecule has 12 heteroatoms. The van der Waals surface area contributed by atoms with Gasteiger partial charge in [0.25, 0.3) is 0 Å². The van der Waals surface area contributed by atoms with E-state index in [-0.39, 0.29) is 19.3 Å². The standard InChI is InChI=1S/C67H96O12/c1-4-7-10-13-16-19-22-25-27-29-30-32-34-37-40-43-46-49-52-55-61(70)78-65-63(72)62(71)64(66(73)74)79-67(65)76-57-58(77-60(69)54-51-48-45-42-39-35-24-21-18-15-12-9-6-3)56-75-59(68)53-50-47-44-41-38-36-33-31-28-26-23-20-17-14-11-8-5-2/h7-12,16-21,25-28,30,32-33,35-37,39-41,44-46,48-49,58,62-65,67,71-72H,4-6,13-15,22-24,29,31,34,38,42-43,47,50-57H2,1-3H3,(H,73,74)/b10-7-,11-8-,12-9-,19-16-,20-17-,21-18-,27-25-,28-26-,32-30-,36-33-,39-35-,40-37-,44-41-,48-45-,49-46-. The lowest BCUT2D eigenvalue weighted by Gasteiger charge is -2.40. The Morgan fingerprint density at radius 3 is 1.13 bits per heavy atom. The van der Waals surface area contributed by atoms with E-state index in [1.54, 1.807) is 0 Å². The fraction of sp³-hybridized carbons (Fsp3) is 0.493. The molecule has 6 unspecified atom stereocenters. The molecule has 3 N–H and O–H groups in total. The van der Waals surface area contributed by atoms with Crippen LogP contribution in [0.15, 0.2) is 182 Å². The summed E-state index contributed by atoms with van der Waals surface area (Å²) >= 11 is 0. The number of carboxylic acid groups (broad SMARTS) is 1. The molecular formula is C67H96O12. The maximum absolute atomic E-state index is 13.1. The summed E-state index contributed by atoms with van der Waals surface area (Å²) in [6, 6.07) is 0. The van der Waals surface area contributed by atoms with Gasteiger partial charge in [0.2, 0.25) is 0 Å². The molecule has 1 saturated heterocycles. The van der Waals surface area contributed by atoms with Gasteiger partial charge >= 0.3 is 23.9 Å². The third kappa shape index (κ3) is 42.4. The van der Waals surface area contributed by atoms with Gasteiger partial charge in [-0.05, 0) is 122 Å². The van der Waals surface area contributed by atoms with E-state index < -0.39 is 73.9 Å². The van der Waals surface area contributed by atoms with E-state index in [1.165, 1.54) is 0 Å². The van der Waals surface area contributed by atoms with Gasteiger partial charge in [-0.3, -0.25) is 14.4 Å². The Kier molecular flexibility index (Phi) is 47.1. The number of hydrogen-bond acceptors (Lipinski definition) is 11. The zero-order chi connectivity index (χ0) is 57.5. The second kappa shape index (κ2) is 52.5. The first-order chi connectivity index (χ1) is 38.6. The Morgan fingerprint density at radius 1 is 0.418 bits per heavy atom. The van der Waals surface area contributed by atoms with Crippen molar-refractivity contribution in [1.29, 1.82) is 0 Å². The Bertz CT molecular complexity index is 2070. The van der Waals surface area contributed by atoms with Gasteiger partial charge in [-0.1, -0.05) is 203 Å². The zero-order valence-corrected chi connectivity index (χ0v) is 47.8. The first kappa shape index (κ1) is 70.8. The number of rotatable bonds is 45. The lowest BCUT2D eigenvalue weighted by molar-refractivity contribution is -0.301. The summed E-state index contributed by atoms with van der Waals surface area (Å²) in [6.07, 6.45) is 67.6. The number of aliphatic hydroxyl groups excluding tert-OH is 2. The molecule has 1 fully saturated rings. The lowest BCUT2D eigenvalue weighted by Crippen LogP contribution is -2.61. The molecule has 1 aliphatic rings. The minimum absolute atomic E-state index is 0.00878. The first-order valence-electron chi connectivity index (χ1n) is 28.8. The Morgan fingerprint density at radius 2 is 0.759 bits per heavy atom. The van der Waals surface area contributed by atoms with E-state index in [0.29, 0.717) is 38.5 Å². The van der Waals surface area contributed by atoms with Crippen LogP contribution in [0.2, 0.25) is 0 Å². The molecule has 12 nitrogen and oxygen atoms in total. The van der Waals surface area contributed by atoms with Crippen molar-refractivity contribution in [2.45, 2.75) is 199 Å². The van der Waals surface area contributed by atoms with Gasteiger partial charge in [-0.2, -0.15) is 0 Å². The average molecular weight is 1090 g/mol. The van der Waals surface area contributed by atoms with Gasteiger partial charge in [0.1, 0.15) is 18.8 Å². The van der Waals surface area contributed by atoms with Gasteiger partial charge in [-0.15, -0.1) is 0 Å². The van der Waals surface area contributed by atoms with Crippen molar-refractivity contribution in [2.75, 3.05) is 13.2 Å². The second-order valence-corrected chi connectivity index (χ2v) is 18.4. The van der Waals surface area contributed by atoms with E-state index in [1.807, 2.05) is 48.6 Å². The number of aliphatic hydroxyl groups is 2. The van der Waals surface area contributed by atoms with Crippen LogP contribution in [-0.2, 0) is 42.9 Å². The number of allylic oxidation sites excluding steroid dienone is 30. The van der Waals surface area contributed by atoms with Gasteiger partial charge in [0, 0.05) is 19.3 Å². The zero-order valence-electron chi connectivity index (χ0n) is 47.8. The molecule has 1 rings (SSSR count). The fourth-order valence-electron chi connectivity index (χ4n) is 7.20. The predicted octanol–water partition coefficient (Wildman–Crippen LogP) is 14.9. The van der Waals surface area contributed by atoms with Crippen molar-refractivity contribution in [1.82, 2.24) is 0 Å². The highest BCUT2D eigenvalue weighted by atomic mass is 16.7. The van der Waals surface area contributed by atoms with Crippen molar-refractivity contribution in [3.8, 4) is 0 Å². The van der Waals surface area contributed by atoms with E-state index in [0.717, 1.165) is 83.5 Å². The summed E-state index contributed by atoms with van der Waals surface area (Å²) in [5, 5.41) is 31.4. The number of carbonyl (C=O) groups is 4. The lowest BCUT2D eigenvalue weighted by atomic mass is 9.98. The van der Waals surface area contributed by atoms with Crippen molar-refractivity contribution >= 4 is 23.9 Å². The van der Waals surface area contributed by atoms with Crippen LogP contribution in [0.1, 0.15) is 162 Å². The summed E-state index contributed by atoms with van der Waals surface area (Å²) in [4.78, 5) is 51.0. The van der Waals surface area contributed by atoms with Crippen LogP contribution in [-0.4, -0.2) is 89.2 Å². The molecule has 0 aromatic heterocycles. The highest BCUT2D eigenvalue weighted by molar-refractivity contribution is 5.74. The summed E-state index contributed by atoms with van der Waals surface area (Å²) < 4.78 is 28.1. The van der Waals surface area contributed by atoms with Crippen LogP contribution in [0, 0.1) is 0 Å². The number of ether oxygens (including phenoxy) is 5. The minimum atomic E-state index is -1.96. The molecule has 0 aromatic carbocycles. The number of carbonyl (C=O) groups excluding carboxylic acids is 3. The molecule has 79 heavy (non-hydrogen) atoms. The number of unbranched alkanes of at least 4 members (excludes halogenated alkanes) is 1. The molecular weight excluding hydrogens is 997 g/mol. The molecule has 0 aromatic rings. The summed E-state index contributed by atoms with van der Waals surface area (Å²) in [5.74, 6) is -3.46. The molecule has 1 heterocycles. The smallest absolute Gasteiger partial charge is 0.335 e. The second-order valence-electron chi connectivity index (χ2n) is 18.4. The maximum atomic E-state index is 13.1. The average Bonchev–Trinajstić information content (AvgIpc) is 3.46. The highest BCUT2D eigenvalue weighted by Crippen LogP contribution is 2.26. The van der Waals surface area contributed by atoms with Crippen LogP contribution in [0.25, 0.3) is 0 Å². The van der Waals surface area contributed by atoms with Crippen LogP contribution >= 0.6 is 0 Å². The van der Waals surface area contributed by atoms with E-state index in [9.17, 15) is 34.5 Å². The third-order valence-electron chi connectivity index (χ3n) is 11.5. The number of hydrogen-bond donors (Lipinski definition) is 3. The molecule has 6 atom stereocenters. The molecule has 0 aliphatic carbocycles. The molecule has 0 amide bonds. The minimum Gasteiger partial charge on any atom is -0.479 e. The molecule has 0 bridgehead atoms. The number of carboxylic acids is 1. The molecule has 0 radical (unpaired) electrons. The molecule has 436 valence electrons. The monoisotopic (exact) mass is 1090 g/mol. The molecule has 0 spiro atoms. The first-order valence-corrected chi connectivity index (χ1v) is 28.8. The Hall–Kier alpha value is -6.18. The van der Waals surface area contributed by atoms with Crippen molar-refractivity contribution < 1.29 is 58.2 Å². The highest BCUT2D eigenvalue weighted by Gasteiger charge is 2.50. The van der Waals surface area contributed by atoms with Gasteiger partial charge in [-0.25, -0.2) is 4.79 Å². The van der Waals surface area contributed by atoms with Crippen LogP contribution < -0.4 is 0 Å².